The van der Waals surface area contributed by atoms with E-state index in [4.69, 9.17) is 21.1 Å². The molecule has 0 unspecified atom stereocenters. The highest BCUT2D eigenvalue weighted by molar-refractivity contribution is 6.31. The van der Waals surface area contributed by atoms with E-state index in [2.05, 4.69) is 15.6 Å². The summed E-state index contributed by atoms with van der Waals surface area (Å²) in [6, 6.07) is 5.70. The first kappa shape index (κ1) is 24.5. The summed E-state index contributed by atoms with van der Waals surface area (Å²) < 4.78 is 10.4. The van der Waals surface area contributed by atoms with Gasteiger partial charge in [0.05, 0.1) is 25.1 Å². The molecule has 3 N–H and O–H groups in total. The number of carbonyl (C=O) groups excluding carboxylic acids is 3. The van der Waals surface area contributed by atoms with E-state index in [0.29, 0.717) is 17.1 Å². The number of aromatic nitrogens is 1. The number of carbonyl (C=O) groups is 3. The van der Waals surface area contributed by atoms with Crippen LogP contribution in [0.3, 0.4) is 0 Å². The van der Waals surface area contributed by atoms with Crippen LogP contribution in [0, 0.1) is 0 Å². The largest absolute Gasteiger partial charge is 0.466 e. The Morgan fingerprint density at radius 2 is 1.81 bits per heavy atom. The maximum atomic E-state index is 12.9. The molecule has 1 heterocycles. The average Bonchev–Trinajstić information content (AvgIpc) is 3.07. The summed E-state index contributed by atoms with van der Waals surface area (Å²) in [5.41, 5.74) is 0.405. The summed E-state index contributed by atoms with van der Waals surface area (Å²) in [5, 5.41) is 6.95. The number of hydrogen-bond donors (Lipinski definition) is 3. The molecule has 2 rings (SSSR count). The highest BCUT2D eigenvalue weighted by atomic mass is 35.5. The fraction of sp³-hybridized carbons (Fsp3) is 0.500. The van der Waals surface area contributed by atoms with E-state index >= 15 is 0 Å². The maximum Gasteiger partial charge on any atom is 0.407 e. The molecule has 2 atom stereocenters. The van der Waals surface area contributed by atoms with E-state index in [1.165, 1.54) is 0 Å². The van der Waals surface area contributed by atoms with Gasteiger partial charge in [-0.1, -0.05) is 18.5 Å². The number of aromatic amines is 1. The molecule has 0 spiro atoms. The minimum atomic E-state index is -0.695. The Labute approximate surface area is 187 Å². The zero-order valence-electron chi connectivity index (χ0n) is 18.5. The Balaban J connectivity index is 2.20. The van der Waals surface area contributed by atoms with Gasteiger partial charge in [-0.3, -0.25) is 9.59 Å². The molecule has 2 amide bonds. The van der Waals surface area contributed by atoms with Gasteiger partial charge in [-0.25, -0.2) is 4.79 Å². The van der Waals surface area contributed by atoms with Crippen molar-refractivity contribution >= 4 is 40.5 Å². The minimum Gasteiger partial charge on any atom is -0.466 e. The fourth-order valence-corrected chi connectivity index (χ4v) is 3.29. The number of rotatable bonds is 8. The summed E-state index contributed by atoms with van der Waals surface area (Å²) in [7, 11) is 0. The Kier molecular flexibility index (Phi) is 8.33. The van der Waals surface area contributed by atoms with Crippen molar-refractivity contribution in [2.75, 3.05) is 6.61 Å². The van der Waals surface area contributed by atoms with Crippen molar-refractivity contribution < 1.29 is 23.9 Å². The van der Waals surface area contributed by atoms with Crippen molar-refractivity contribution in [2.24, 2.45) is 0 Å². The molecule has 9 heteroatoms. The van der Waals surface area contributed by atoms with Crippen molar-refractivity contribution in [3.8, 4) is 0 Å². The van der Waals surface area contributed by atoms with Crippen molar-refractivity contribution in [1.29, 1.82) is 0 Å². The Morgan fingerprint density at radius 1 is 1.10 bits per heavy atom. The zero-order valence-corrected chi connectivity index (χ0v) is 19.3. The molecule has 170 valence electrons. The van der Waals surface area contributed by atoms with Gasteiger partial charge in [0.1, 0.15) is 11.3 Å². The lowest BCUT2D eigenvalue weighted by molar-refractivity contribution is -0.143. The number of esters is 1. The summed E-state index contributed by atoms with van der Waals surface area (Å²) >= 11 is 6.02. The molecular weight excluding hydrogens is 422 g/mol. The fourth-order valence-electron chi connectivity index (χ4n) is 3.11. The third-order valence-corrected chi connectivity index (χ3v) is 4.70. The Morgan fingerprint density at radius 3 is 2.42 bits per heavy atom. The van der Waals surface area contributed by atoms with Gasteiger partial charge in [0.25, 0.3) is 5.91 Å². The normalized spacial score (nSPS) is 13.4. The van der Waals surface area contributed by atoms with Crippen LogP contribution in [0.5, 0.6) is 0 Å². The number of H-pyrrole nitrogens is 1. The van der Waals surface area contributed by atoms with Crippen LogP contribution in [0.1, 0.15) is 57.9 Å². The van der Waals surface area contributed by atoms with Gasteiger partial charge in [-0.15, -0.1) is 0 Å². The van der Waals surface area contributed by atoms with Gasteiger partial charge in [-0.2, -0.15) is 0 Å². The van der Waals surface area contributed by atoms with E-state index in [9.17, 15) is 14.4 Å². The van der Waals surface area contributed by atoms with Gasteiger partial charge in [0.2, 0.25) is 0 Å². The number of nitrogens with one attached hydrogen (secondary N) is 3. The number of halogens is 1. The van der Waals surface area contributed by atoms with Crippen molar-refractivity contribution in [3.05, 3.63) is 35.0 Å². The van der Waals surface area contributed by atoms with Crippen LogP contribution in [-0.4, -0.2) is 47.2 Å². The average molecular weight is 452 g/mol. The molecule has 8 nitrogen and oxygen atoms in total. The monoisotopic (exact) mass is 451 g/mol. The molecule has 1 aromatic carbocycles. The molecule has 0 aliphatic rings. The smallest absolute Gasteiger partial charge is 0.407 e. The first-order valence-electron chi connectivity index (χ1n) is 10.3. The molecule has 0 saturated carbocycles. The summed E-state index contributed by atoms with van der Waals surface area (Å²) in [4.78, 5) is 40.4. The van der Waals surface area contributed by atoms with Crippen LogP contribution in [0.25, 0.3) is 10.9 Å². The molecular formula is C22H30ClN3O5. The predicted octanol–water partition coefficient (Wildman–Crippen LogP) is 4.18. The summed E-state index contributed by atoms with van der Waals surface area (Å²) in [6.07, 6.45) is -0.256. The molecule has 0 bridgehead atoms. The topological polar surface area (TPSA) is 110 Å². The van der Waals surface area contributed by atoms with Crippen LogP contribution in [0.15, 0.2) is 24.3 Å². The SMILES string of the molecule is CCOC(=O)C[C@@H](NC(=O)c1cc2cc(Cl)ccc2[nH]1)[C@@H](CC)NC(=O)OC(C)(C)C. The lowest BCUT2D eigenvalue weighted by atomic mass is 10.0. The number of hydrogen-bond acceptors (Lipinski definition) is 5. The second-order valence-electron chi connectivity index (χ2n) is 8.16. The molecule has 0 aliphatic heterocycles. The first-order chi connectivity index (χ1) is 14.5. The minimum absolute atomic E-state index is 0.0973. The van der Waals surface area contributed by atoms with Crippen LogP contribution < -0.4 is 10.6 Å². The number of ether oxygens (including phenoxy) is 2. The van der Waals surface area contributed by atoms with Gasteiger partial charge in [0.15, 0.2) is 0 Å². The van der Waals surface area contributed by atoms with Crippen LogP contribution in [0.4, 0.5) is 4.79 Å². The first-order valence-corrected chi connectivity index (χ1v) is 10.6. The number of alkyl carbamates (subject to hydrolysis) is 1. The molecule has 0 radical (unpaired) electrons. The number of fused-ring (bicyclic) bond motifs is 1. The van der Waals surface area contributed by atoms with Crippen LogP contribution in [-0.2, 0) is 14.3 Å². The van der Waals surface area contributed by atoms with Crippen molar-refractivity contribution in [2.45, 2.75) is 65.1 Å². The summed E-state index contributed by atoms with van der Waals surface area (Å²) in [5.74, 6) is -0.883. The predicted molar refractivity (Wildman–Crippen MR) is 119 cm³/mol. The van der Waals surface area contributed by atoms with Crippen LogP contribution >= 0.6 is 11.6 Å². The van der Waals surface area contributed by atoms with E-state index in [-0.39, 0.29) is 13.0 Å². The lowest BCUT2D eigenvalue weighted by Crippen LogP contribution is -2.53. The van der Waals surface area contributed by atoms with E-state index in [1.54, 1.807) is 52.0 Å². The number of amides is 2. The standard InChI is InChI=1S/C22H30ClN3O5/c1-6-15(26-21(29)31-22(3,4)5)17(12-19(27)30-7-2)25-20(28)18-11-13-10-14(23)8-9-16(13)24-18/h8-11,15,17,24H,6-7,12H2,1-5H3,(H,25,28)(H,26,29)/t15-,17-/m1/s1. The van der Waals surface area contributed by atoms with Crippen LogP contribution in [0.2, 0.25) is 5.02 Å². The Hall–Kier alpha value is -2.74. The van der Waals surface area contributed by atoms with Gasteiger partial charge < -0.3 is 25.1 Å². The second kappa shape index (κ2) is 10.5. The van der Waals surface area contributed by atoms with Gasteiger partial charge in [0, 0.05) is 15.9 Å². The van der Waals surface area contributed by atoms with Crippen molar-refractivity contribution in [1.82, 2.24) is 15.6 Å². The maximum absolute atomic E-state index is 12.9. The molecule has 0 aliphatic carbocycles. The van der Waals surface area contributed by atoms with Gasteiger partial charge in [-0.05, 0) is 58.4 Å². The van der Waals surface area contributed by atoms with Crippen molar-refractivity contribution in [3.63, 3.8) is 0 Å². The Bertz CT molecular complexity index is 935. The molecule has 0 saturated heterocycles. The van der Waals surface area contributed by atoms with E-state index < -0.39 is 35.7 Å². The molecule has 31 heavy (non-hydrogen) atoms. The quantitative estimate of drug-likeness (QED) is 0.521. The highest BCUT2D eigenvalue weighted by Crippen LogP contribution is 2.20. The van der Waals surface area contributed by atoms with E-state index in [0.717, 1.165) is 10.9 Å². The zero-order chi connectivity index (χ0) is 23.2. The second-order valence-corrected chi connectivity index (χ2v) is 8.60. The molecule has 0 fully saturated rings. The lowest BCUT2D eigenvalue weighted by Gasteiger charge is -2.29. The van der Waals surface area contributed by atoms with E-state index in [1.807, 2.05) is 6.92 Å². The van der Waals surface area contributed by atoms with Gasteiger partial charge >= 0.3 is 12.1 Å². The third-order valence-electron chi connectivity index (χ3n) is 4.46. The molecule has 1 aromatic heterocycles. The third kappa shape index (κ3) is 7.47. The summed E-state index contributed by atoms with van der Waals surface area (Å²) in [6.45, 7) is 9.04. The molecule has 2 aromatic rings. The number of benzene rings is 1. The highest BCUT2D eigenvalue weighted by Gasteiger charge is 2.29.